The highest BCUT2D eigenvalue weighted by atomic mass is 16.5. The molecule has 35 heavy (non-hydrogen) atoms. The Hall–Kier alpha value is -0.460. The van der Waals surface area contributed by atoms with E-state index >= 15 is 0 Å². The largest absolute Gasteiger partial charge is 0.396 e. The molecule has 0 aromatic rings. The average Bonchev–Trinajstić information content (AvgIpc) is 2.81. The van der Waals surface area contributed by atoms with Crippen LogP contribution in [0.4, 0.5) is 0 Å². The second-order valence-electron chi connectivity index (χ2n) is 13.9. The third-order valence-electron chi connectivity index (χ3n) is 10.7. The lowest BCUT2D eigenvalue weighted by Gasteiger charge is -2.63. The summed E-state index contributed by atoms with van der Waals surface area (Å²) in [5.74, 6) is 4.86. The molecule has 3 saturated carbocycles. The Kier molecular flexibility index (Phi) is 7.49. The second kappa shape index (κ2) is 10.0. The SMILES string of the molecule is CO[C@@H]1C[C@]23COCC(C2CCC2C3=CCC3C(CO)C(CC(C)C)CCC23)[C@H]1OCC(C)(C)N. The molecule has 5 heteroatoms. The standard InChI is InChI=1S/C30H51NO4/c1-18(2)12-19-6-7-20-21(23(19)14-32)8-10-25-22(20)9-11-26-24-15-34-17-30(25,26)13-27(33-5)28(24)35-16-29(3,4)31/h10,18-24,26-28,32H,6-9,11-17,31H2,1-5H3/t19?,20?,21?,22?,23?,24?,26?,27-,28-,30-/m1/s1. The number of aliphatic hydroxyl groups is 1. The Balaban J connectivity index is 1.42. The van der Waals surface area contributed by atoms with E-state index in [1.165, 1.54) is 32.1 Å². The predicted octanol–water partition coefficient (Wildman–Crippen LogP) is 4.81. The molecule has 1 heterocycles. The maximum absolute atomic E-state index is 10.5. The van der Waals surface area contributed by atoms with Crippen molar-refractivity contribution in [2.45, 2.75) is 90.4 Å². The van der Waals surface area contributed by atoms with Crippen molar-refractivity contribution < 1.29 is 19.3 Å². The van der Waals surface area contributed by atoms with Gasteiger partial charge in [0.25, 0.3) is 0 Å². The molecule has 4 aliphatic carbocycles. The minimum Gasteiger partial charge on any atom is -0.396 e. The molecule has 7 unspecified atom stereocenters. The lowest BCUT2D eigenvalue weighted by molar-refractivity contribution is -0.223. The van der Waals surface area contributed by atoms with E-state index in [-0.39, 0.29) is 23.2 Å². The summed E-state index contributed by atoms with van der Waals surface area (Å²) < 4.78 is 19.0. The zero-order valence-electron chi connectivity index (χ0n) is 22.9. The van der Waals surface area contributed by atoms with Gasteiger partial charge in [0.15, 0.2) is 0 Å². The molecule has 4 fully saturated rings. The Labute approximate surface area is 213 Å². The molecule has 5 nitrogen and oxygen atoms in total. The van der Waals surface area contributed by atoms with Crippen LogP contribution in [0.1, 0.15) is 72.6 Å². The number of allylic oxidation sites excluding steroid dienone is 1. The van der Waals surface area contributed by atoms with Crippen molar-refractivity contribution in [3.05, 3.63) is 11.6 Å². The van der Waals surface area contributed by atoms with Crippen LogP contribution >= 0.6 is 0 Å². The molecule has 3 N–H and O–H groups in total. The Bertz CT molecular complexity index is 775. The van der Waals surface area contributed by atoms with Crippen molar-refractivity contribution >= 4 is 0 Å². The minimum atomic E-state index is -0.349. The summed E-state index contributed by atoms with van der Waals surface area (Å²) in [6, 6.07) is 0. The maximum Gasteiger partial charge on any atom is 0.0890 e. The number of fused-ring (bicyclic) bond motifs is 3. The monoisotopic (exact) mass is 489 g/mol. The van der Waals surface area contributed by atoms with Crippen molar-refractivity contribution in [3.63, 3.8) is 0 Å². The zero-order chi connectivity index (χ0) is 25.0. The Morgan fingerprint density at radius 2 is 1.97 bits per heavy atom. The lowest BCUT2D eigenvalue weighted by Crippen LogP contribution is -2.64. The second-order valence-corrected chi connectivity index (χ2v) is 13.9. The number of aliphatic hydroxyl groups excluding tert-OH is 1. The summed E-state index contributed by atoms with van der Waals surface area (Å²) >= 11 is 0. The van der Waals surface area contributed by atoms with Gasteiger partial charge in [-0.25, -0.2) is 0 Å². The summed E-state index contributed by atoms with van der Waals surface area (Å²) in [6.45, 7) is 11.2. The van der Waals surface area contributed by atoms with Crippen LogP contribution in [-0.4, -0.2) is 56.4 Å². The molecule has 1 aliphatic heterocycles. The Morgan fingerprint density at radius 3 is 2.66 bits per heavy atom. The van der Waals surface area contributed by atoms with Gasteiger partial charge in [-0.2, -0.15) is 0 Å². The number of hydrogen-bond acceptors (Lipinski definition) is 5. The van der Waals surface area contributed by atoms with Crippen LogP contribution in [0.2, 0.25) is 0 Å². The van der Waals surface area contributed by atoms with Gasteiger partial charge in [0, 0.05) is 30.6 Å². The van der Waals surface area contributed by atoms with E-state index in [1.807, 2.05) is 21.0 Å². The topological polar surface area (TPSA) is 73.9 Å². The first-order valence-corrected chi connectivity index (χ1v) is 14.5. The highest BCUT2D eigenvalue weighted by Gasteiger charge is 2.62. The van der Waals surface area contributed by atoms with Gasteiger partial charge in [-0.05, 0) is 100 Å². The highest BCUT2D eigenvalue weighted by molar-refractivity contribution is 5.30. The molecule has 200 valence electrons. The van der Waals surface area contributed by atoms with Crippen LogP contribution < -0.4 is 5.73 Å². The van der Waals surface area contributed by atoms with Crippen molar-refractivity contribution in [2.75, 3.05) is 33.5 Å². The fraction of sp³-hybridized carbons (Fsp3) is 0.933. The van der Waals surface area contributed by atoms with E-state index < -0.39 is 0 Å². The van der Waals surface area contributed by atoms with Crippen molar-refractivity contribution in [3.8, 4) is 0 Å². The minimum absolute atomic E-state index is 0.0555. The van der Waals surface area contributed by atoms with Crippen molar-refractivity contribution in [1.82, 2.24) is 0 Å². The fourth-order valence-electron chi connectivity index (χ4n) is 9.44. The number of ether oxygens (including phenoxy) is 3. The Morgan fingerprint density at radius 1 is 1.17 bits per heavy atom. The third kappa shape index (κ3) is 4.67. The van der Waals surface area contributed by atoms with Gasteiger partial charge < -0.3 is 25.1 Å². The molecule has 2 bridgehead atoms. The van der Waals surface area contributed by atoms with Crippen LogP contribution in [0.3, 0.4) is 0 Å². The van der Waals surface area contributed by atoms with E-state index in [9.17, 15) is 5.11 Å². The first-order chi connectivity index (χ1) is 16.7. The fourth-order valence-corrected chi connectivity index (χ4v) is 9.44. The summed E-state index contributed by atoms with van der Waals surface area (Å²) in [5.41, 5.74) is 7.72. The van der Waals surface area contributed by atoms with Crippen LogP contribution in [0.5, 0.6) is 0 Å². The van der Waals surface area contributed by atoms with Crippen molar-refractivity contribution in [2.24, 2.45) is 58.5 Å². The molecule has 5 aliphatic rings. The summed E-state index contributed by atoms with van der Waals surface area (Å²) in [5, 5.41) is 10.5. The van der Waals surface area contributed by atoms with Gasteiger partial charge in [0.05, 0.1) is 32.0 Å². The molecule has 0 spiro atoms. The number of rotatable bonds is 7. The van der Waals surface area contributed by atoms with Crippen LogP contribution in [-0.2, 0) is 14.2 Å². The molecule has 5 rings (SSSR count). The van der Waals surface area contributed by atoms with E-state index in [0.29, 0.717) is 54.6 Å². The first kappa shape index (κ1) is 26.2. The van der Waals surface area contributed by atoms with Crippen LogP contribution in [0.25, 0.3) is 0 Å². The lowest BCUT2D eigenvalue weighted by atomic mass is 9.45. The smallest absolute Gasteiger partial charge is 0.0890 e. The molecule has 0 aromatic carbocycles. The molecule has 0 radical (unpaired) electrons. The maximum atomic E-state index is 10.5. The zero-order valence-corrected chi connectivity index (χ0v) is 22.9. The third-order valence-corrected chi connectivity index (χ3v) is 10.7. The normalized spacial score (nSPS) is 45.4. The van der Waals surface area contributed by atoms with E-state index in [0.717, 1.165) is 32.0 Å². The molecular weight excluding hydrogens is 438 g/mol. The molecule has 1 saturated heterocycles. The summed E-state index contributed by atoms with van der Waals surface area (Å²) in [7, 11) is 1.86. The van der Waals surface area contributed by atoms with E-state index in [1.54, 1.807) is 5.57 Å². The number of hydrogen-bond donors (Lipinski definition) is 2. The van der Waals surface area contributed by atoms with Gasteiger partial charge in [-0.15, -0.1) is 0 Å². The van der Waals surface area contributed by atoms with Crippen LogP contribution in [0, 0.1) is 52.8 Å². The van der Waals surface area contributed by atoms with Crippen LogP contribution in [0.15, 0.2) is 11.6 Å². The number of methoxy groups -OCH3 is 1. The van der Waals surface area contributed by atoms with Gasteiger partial charge in [-0.1, -0.05) is 25.5 Å². The van der Waals surface area contributed by atoms with Gasteiger partial charge in [0.2, 0.25) is 0 Å². The molecule has 0 aromatic heterocycles. The predicted molar refractivity (Wildman–Crippen MR) is 139 cm³/mol. The van der Waals surface area contributed by atoms with Gasteiger partial charge in [-0.3, -0.25) is 0 Å². The quantitative estimate of drug-likeness (QED) is 0.502. The summed E-state index contributed by atoms with van der Waals surface area (Å²) in [4.78, 5) is 0. The van der Waals surface area contributed by atoms with Gasteiger partial charge in [0.1, 0.15) is 0 Å². The average molecular weight is 490 g/mol. The molecule has 0 amide bonds. The summed E-state index contributed by atoms with van der Waals surface area (Å²) in [6.07, 6.45) is 11.3. The molecular formula is C30H51NO4. The van der Waals surface area contributed by atoms with Crippen molar-refractivity contribution in [1.29, 1.82) is 0 Å². The molecule has 10 atom stereocenters. The highest BCUT2D eigenvalue weighted by Crippen LogP contribution is 2.64. The number of nitrogens with two attached hydrogens (primary N) is 1. The van der Waals surface area contributed by atoms with Gasteiger partial charge >= 0.3 is 0 Å². The van der Waals surface area contributed by atoms with E-state index in [4.69, 9.17) is 19.9 Å². The first-order valence-electron chi connectivity index (χ1n) is 14.5. The van der Waals surface area contributed by atoms with E-state index in [2.05, 4.69) is 19.9 Å².